The van der Waals surface area contributed by atoms with Crippen LogP contribution in [0.2, 0.25) is 0 Å². The molecule has 0 aromatic heterocycles. The van der Waals surface area contributed by atoms with E-state index in [1.165, 1.54) is 12.1 Å². The first-order valence-corrected chi connectivity index (χ1v) is 7.16. The standard InChI is InChI=1S/C15H14BrFN2O2/c1-10-11(4-3-7-14(10)19(20)21)8-18-9-12-5-2-6-13(17)15(12)16/h2-7,18H,8-9H2,1H3. The van der Waals surface area contributed by atoms with Crippen molar-refractivity contribution in [1.29, 1.82) is 0 Å². The number of halogens is 2. The molecule has 0 amide bonds. The second-order valence-electron chi connectivity index (χ2n) is 4.63. The van der Waals surface area contributed by atoms with Gasteiger partial charge in [-0.3, -0.25) is 10.1 Å². The average molecular weight is 353 g/mol. The first-order valence-electron chi connectivity index (χ1n) is 6.37. The van der Waals surface area contributed by atoms with Gasteiger partial charge in [-0.2, -0.15) is 0 Å². The Morgan fingerprint density at radius 2 is 1.81 bits per heavy atom. The Morgan fingerprint density at radius 1 is 1.19 bits per heavy atom. The van der Waals surface area contributed by atoms with E-state index < -0.39 is 0 Å². The predicted octanol–water partition coefficient (Wildman–Crippen LogP) is 4.09. The van der Waals surface area contributed by atoms with E-state index in [0.29, 0.717) is 23.1 Å². The molecule has 0 aliphatic carbocycles. The zero-order valence-corrected chi connectivity index (χ0v) is 13.0. The summed E-state index contributed by atoms with van der Waals surface area (Å²) in [7, 11) is 0. The summed E-state index contributed by atoms with van der Waals surface area (Å²) in [6, 6.07) is 9.85. The Bertz CT molecular complexity index is 677. The normalized spacial score (nSPS) is 10.6. The summed E-state index contributed by atoms with van der Waals surface area (Å²) in [6.45, 7) is 2.68. The maximum absolute atomic E-state index is 13.4. The van der Waals surface area contributed by atoms with Crippen LogP contribution in [0, 0.1) is 22.9 Å². The quantitative estimate of drug-likeness (QED) is 0.651. The molecule has 0 unspecified atom stereocenters. The van der Waals surface area contributed by atoms with E-state index in [1.807, 2.05) is 12.1 Å². The molecule has 21 heavy (non-hydrogen) atoms. The lowest BCUT2D eigenvalue weighted by molar-refractivity contribution is -0.385. The topological polar surface area (TPSA) is 55.2 Å². The summed E-state index contributed by atoms with van der Waals surface area (Å²) in [5.41, 5.74) is 2.42. The van der Waals surface area contributed by atoms with Crippen molar-refractivity contribution in [3.8, 4) is 0 Å². The monoisotopic (exact) mass is 352 g/mol. The minimum absolute atomic E-state index is 0.112. The molecule has 0 saturated heterocycles. The summed E-state index contributed by atoms with van der Waals surface area (Å²) in [6.07, 6.45) is 0. The highest BCUT2D eigenvalue weighted by atomic mass is 79.9. The highest BCUT2D eigenvalue weighted by Gasteiger charge is 2.13. The van der Waals surface area contributed by atoms with Gasteiger partial charge < -0.3 is 5.32 Å². The average Bonchev–Trinajstić information content (AvgIpc) is 2.45. The SMILES string of the molecule is Cc1c(CNCc2cccc(F)c2Br)cccc1[N+](=O)[O-]. The second kappa shape index (κ2) is 6.78. The van der Waals surface area contributed by atoms with Gasteiger partial charge in [0.15, 0.2) is 0 Å². The van der Waals surface area contributed by atoms with Crippen LogP contribution in [0.5, 0.6) is 0 Å². The number of rotatable bonds is 5. The molecule has 0 fully saturated rings. The van der Waals surface area contributed by atoms with Crippen LogP contribution in [0.15, 0.2) is 40.9 Å². The predicted molar refractivity (Wildman–Crippen MR) is 82.5 cm³/mol. The molecular weight excluding hydrogens is 339 g/mol. The van der Waals surface area contributed by atoms with Crippen LogP contribution in [0.25, 0.3) is 0 Å². The third-order valence-corrected chi connectivity index (χ3v) is 4.16. The van der Waals surface area contributed by atoms with Crippen molar-refractivity contribution in [2.24, 2.45) is 0 Å². The van der Waals surface area contributed by atoms with E-state index in [1.54, 1.807) is 19.1 Å². The van der Waals surface area contributed by atoms with Crippen molar-refractivity contribution in [3.05, 3.63) is 73.5 Å². The van der Waals surface area contributed by atoms with Crippen molar-refractivity contribution in [3.63, 3.8) is 0 Å². The maximum atomic E-state index is 13.4. The number of nitro benzene ring substituents is 1. The number of hydrogen-bond acceptors (Lipinski definition) is 3. The molecule has 0 radical (unpaired) electrons. The molecule has 0 spiro atoms. The largest absolute Gasteiger partial charge is 0.309 e. The summed E-state index contributed by atoms with van der Waals surface area (Å²) in [5.74, 6) is -0.305. The fourth-order valence-electron chi connectivity index (χ4n) is 2.08. The van der Waals surface area contributed by atoms with Gasteiger partial charge in [-0.05, 0) is 40.0 Å². The molecule has 6 heteroatoms. The van der Waals surface area contributed by atoms with Crippen molar-refractivity contribution >= 4 is 21.6 Å². The van der Waals surface area contributed by atoms with Gasteiger partial charge in [-0.15, -0.1) is 0 Å². The Morgan fingerprint density at radius 3 is 2.52 bits per heavy atom. The zero-order chi connectivity index (χ0) is 15.4. The minimum Gasteiger partial charge on any atom is -0.309 e. The smallest absolute Gasteiger partial charge is 0.272 e. The van der Waals surface area contributed by atoms with Crippen LogP contribution in [0.3, 0.4) is 0 Å². The number of nitrogens with one attached hydrogen (secondary N) is 1. The van der Waals surface area contributed by atoms with Crippen LogP contribution in [-0.2, 0) is 13.1 Å². The molecule has 0 atom stereocenters. The Balaban J connectivity index is 2.06. The number of hydrogen-bond donors (Lipinski definition) is 1. The third-order valence-electron chi connectivity index (χ3n) is 3.28. The van der Waals surface area contributed by atoms with Gasteiger partial charge >= 0.3 is 0 Å². The van der Waals surface area contributed by atoms with Crippen molar-refractivity contribution in [2.45, 2.75) is 20.0 Å². The van der Waals surface area contributed by atoms with Crippen LogP contribution in [0.4, 0.5) is 10.1 Å². The summed E-state index contributed by atoms with van der Waals surface area (Å²) in [5, 5.41) is 14.1. The van der Waals surface area contributed by atoms with Crippen molar-refractivity contribution in [2.75, 3.05) is 0 Å². The van der Waals surface area contributed by atoms with Crippen LogP contribution < -0.4 is 5.32 Å². The molecule has 0 bridgehead atoms. The maximum Gasteiger partial charge on any atom is 0.272 e. The molecule has 2 aromatic carbocycles. The van der Waals surface area contributed by atoms with Gasteiger partial charge in [0.25, 0.3) is 5.69 Å². The fourth-order valence-corrected chi connectivity index (χ4v) is 2.48. The summed E-state index contributed by atoms with van der Waals surface area (Å²) in [4.78, 5) is 10.5. The zero-order valence-electron chi connectivity index (χ0n) is 11.4. The van der Waals surface area contributed by atoms with E-state index in [4.69, 9.17) is 0 Å². The lowest BCUT2D eigenvalue weighted by atomic mass is 10.1. The van der Waals surface area contributed by atoms with Crippen LogP contribution >= 0.6 is 15.9 Å². The number of nitrogens with zero attached hydrogens (tertiary/aromatic N) is 1. The van der Waals surface area contributed by atoms with Gasteiger partial charge in [0.2, 0.25) is 0 Å². The third kappa shape index (κ3) is 3.65. The molecule has 0 aliphatic rings. The second-order valence-corrected chi connectivity index (χ2v) is 5.43. The van der Waals surface area contributed by atoms with Crippen LogP contribution in [-0.4, -0.2) is 4.92 Å². The Labute approximate surface area is 130 Å². The molecule has 2 aromatic rings. The molecule has 110 valence electrons. The highest BCUT2D eigenvalue weighted by Crippen LogP contribution is 2.22. The van der Waals surface area contributed by atoms with Gasteiger partial charge in [0.1, 0.15) is 5.82 Å². The van der Waals surface area contributed by atoms with Gasteiger partial charge in [-0.25, -0.2) is 4.39 Å². The fraction of sp³-hybridized carbons (Fsp3) is 0.200. The first kappa shape index (κ1) is 15.6. The Hall–Kier alpha value is -1.79. The Kier molecular flexibility index (Phi) is 5.03. The van der Waals surface area contributed by atoms with Crippen LogP contribution in [0.1, 0.15) is 16.7 Å². The lowest BCUT2D eigenvalue weighted by Crippen LogP contribution is -2.14. The van der Waals surface area contributed by atoms with Gasteiger partial charge in [0, 0.05) is 24.7 Å². The van der Waals surface area contributed by atoms with E-state index in [0.717, 1.165) is 11.1 Å². The highest BCUT2D eigenvalue weighted by molar-refractivity contribution is 9.10. The lowest BCUT2D eigenvalue weighted by Gasteiger charge is -2.09. The molecular formula is C15H14BrFN2O2. The number of nitro groups is 1. The number of benzene rings is 2. The molecule has 0 saturated carbocycles. The van der Waals surface area contributed by atoms with E-state index in [-0.39, 0.29) is 16.4 Å². The molecule has 4 nitrogen and oxygen atoms in total. The molecule has 0 aliphatic heterocycles. The first-order chi connectivity index (χ1) is 10.0. The minimum atomic E-state index is -0.387. The van der Waals surface area contributed by atoms with Gasteiger partial charge in [-0.1, -0.05) is 24.3 Å². The van der Waals surface area contributed by atoms with E-state index >= 15 is 0 Å². The van der Waals surface area contributed by atoms with E-state index in [2.05, 4.69) is 21.2 Å². The van der Waals surface area contributed by atoms with Crippen molar-refractivity contribution < 1.29 is 9.31 Å². The molecule has 2 rings (SSSR count). The van der Waals surface area contributed by atoms with Crippen molar-refractivity contribution in [1.82, 2.24) is 5.32 Å². The molecule has 1 N–H and O–H groups in total. The summed E-state index contributed by atoms with van der Waals surface area (Å²) < 4.78 is 13.8. The van der Waals surface area contributed by atoms with Gasteiger partial charge in [0.05, 0.1) is 9.40 Å². The van der Waals surface area contributed by atoms with E-state index in [9.17, 15) is 14.5 Å². The summed E-state index contributed by atoms with van der Waals surface area (Å²) >= 11 is 3.21. The molecule has 0 heterocycles.